The van der Waals surface area contributed by atoms with Crippen molar-refractivity contribution in [3.8, 4) is 5.69 Å². The van der Waals surface area contributed by atoms with E-state index in [9.17, 15) is 27.9 Å². The molecule has 0 saturated carbocycles. The van der Waals surface area contributed by atoms with E-state index in [0.29, 0.717) is 5.39 Å². The fraction of sp³-hybridized carbons (Fsp3) is 0.217. The van der Waals surface area contributed by atoms with Gasteiger partial charge in [-0.25, -0.2) is 4.68 Å². The van der Waals surface area contributed by atoms with Crippen molar-refractivity contribution in [2.45, 2.75) is 18.4 Å². The summed E-state index contributed by atoms with van der Waals surface area (Å²) in [4.78, 5) is 37.3. The molecule has 39 heavy (non-hydrogen) atoms. The van der Waals surface area contributed by atoms with Gasteiger partial charge in [-0.05, 0) is 24.3 Å². The molecule has 1 amide bonds. The predicted octanol–water partition coefficient (Wildman–Crippen LogP) is 1.71. The molecule has 1 aliphatic rings. The molecule has 0 radical (unpaired) electrons. The monoisotopic (exact) mass is 542 g/mol. The van der Waals surface area contributed by atoms with Gasteiger partial charge in [0, 0.05) is 18.5 Å². The average Bonchev–Trinajstić information content (AvgIpc) is 3.55. The van der Waals surface area contributed by atoms with Crippen LogP contribution in [0.1, 0.15) is 17.6 Å². The zero-order valence-electron chi connectivity index (χ0n) is 19.6. The number of aromatic nitrogens is 6. The molecule has 1 aliphatic heterocycles. The highest BCUT2D eigenvalue weighted by Gasteiger charge is 2.39. The number of amides is 1. The van der Waals surface area contributed by atoms with E-state index in [4.69, 9.17) is 15.0 Å². The van der Waals surface area contributed by atoms with Gasteiger partial charge in [0.1, 0.15) is 23.0 Å². The largest absolute Gasteiger partial charge is 0.433 e. The van der Waals surface area contributed by atoms with Gasteiger partial charge in [-0.3, -0.25) is 19.5 Å². The summed E-state index contributed by atoms with van der Waals surface area (Å²) >= 11 is 0. The molecule has 1 fully saturated rings. The van der Waals surface area contributed by atoms with Crippen LogP contribution in [0, 0.1) is 0 Å². The van der Waals surface area contributed by atoms with Crippen molar-refractivity contribution in [3.05, 3.63) is 64.6 Å². The van der Waals surface area contributed by atoms with E-state index < -0.39 is 35.5 Å². The summed E-state index contributed by atoms with van der Waals surface area (Å²) in [5.41, 5.74) is 4.38. The number of fused-ring (bicyclic) bond motifs is 3. The van der Waals surface area contributed by atoms with Gasteiger partial charge in [0.05, 0.1) is 29.7 Å². The van der Waals surface area contributed by atoms with Gasteiger partial charge in [0.25, 0.3) is 11.5 Å². The molecule has 13 nitrogen and oxygen atoms in total. The number of nitrogens with zero attached hydrogens (tertiary/aromatic N) is 6. The van der Waals surface area contributed by atoms with Crippen LogP contribution in [0.15, 0.2) is 52.0 Å². The van der Waals surface area contributed by atoms with E-state index in [2.05, 4.69) is 25.2 Å². The van der Waals surface area contributed by atoms with E-state index in [1.165, 1.54) is 34.0 Å². The topological polar surface area (TPSA) is 178 Å². The summed E-state index contributed by atoms with van der Waals surface area (Å²) in [5.74, 6) is -0.688. The van der Waals surface area contributed by atoms with Crippen LogP contribution in [-0.2, 0) is 15.7 Å². The number of rotatable bonds is 4. The Labute approximate surface area is 214 Å². The maximum absolute atomic E-state index is 13.3. The lowest BCUT2D eigenvalue weighted by atomic mass is 10.1. The van der Waals surface area contributed by atoms with Crippen molar-refractivity contribution in [2.24, 2.45) is 0 Å². The second-order valence-electron chi connectivity index (χ2n) is 8.60. The van der Waals surface area contributed by atoms with Crippen molar-refractivity contribution in [3.63, 3.8) is 0 Å². The molecule has 1 aromatic carbocycles. The molecule has 6 rings (SSSR count). The number of nitrogens with two attached hydrogens (primary N) is 1. The van der Waals surface area contributed by atoms with Gasteiger partial charge in [-0.1, -0.05) is 5.16 Å². The minimum absolute atomic E-state index is 0.00355. The molecule has 0 unspecified atom stereocenters. The number of nitrogen functional groups attached to an aromatic ring is 1. The van der Waals surface area contributed by atoms with E-state index in [1.54, 1.807) is 6.07 Å². The Morgan fingerprint density at radius 3 is 2.82 bits per heavy atom. The number of carbonyl (C=O) groups excluding carboxylic acids is 1. The molecule has 200 valence electrons. The lowest BCUT2D eigenvalue weighted by Gasteiger charge is -2.32. The quantitative estimate of drug-likeness (QED) is 0.303. The van der Waals surface area contributed by atoms with Gasteiger partial charge < -0.3 is 25.1 Å². The first-order valence-corrected chi connectivity index (χ1v) is 11.4. The number of benzene rings is 1. The predicted molar refractivity (Wildman–Crippen MR) is 128 cm³/mol. The van der Waals surface area contributed by atoms with Gasteiger partial charge >= 0.3 is 6.18 Å². The number of ether oxygens (including phenoxy) is 1. The number of aliphatic hydroxyl groups is 1. The number of H-pyrrole nitrogens is 1. The molecule has 2 atom stereocenters. The maximum atomic E-state index is 13.3. The number of morpholine rings is 1. The maximum Gasteiger partial charge on any atom is 0.433 e. The van der Waals surface area contributed by atoms with Crippen LogP contribution in [0.4, 0.5) is 24.8 Å². The third-order valence-corrected chi connectivity index (χ3v) is 6.21. The van der Waals surface area contributed by atoms with Crippen LogP contribution >= 0.6 is 0 Å². The van der Waals surface area contributed by atoms with E-state index in [0.717, 1.165) is 12.3 Å². The Balaban J connectivity index is 1.28. The average molecular weight is 542 g/mol. The Bertz CT molecular complexity index is 1800. The molecule has 4 aromatic heterocycles. The summed E-state index contributed by atoms with van der Waals surface area (Å²) < 4.78 is 51.0. The molecule has 0 bridgehead atoms. The Morgan fingerprint density at radius 1 is 1.21 bits per heavy atom. The molecule has 0 aliphatic carbocycles. The minimum Gasteiger partial charge on any atom is -0.382 e. The van der Waals surface area contributed by atoms with Crippen LogP contribution < -0.4 is 16.2 Å². The normalized spacial score (nSPS) is 17.3. The number of hydrogen-bond donors (Lipinski definition) is 3. The molecule has 5 aromatic rings. The zero-order chi connectivity index (χ0) is 27.5. The third kappa shape index (κ3) is 4.15. The van der Waals surface area contributed by atoms with E-state index in [-0.39, 0.29) is 52.8 Å². The number of anilines is 2. The first-order chi connectivity index (χ1) is 18.6. The van der Waals surface area contributed by atoms with Crippen LogP contribution in [0.2, 0.25) is 0 Å². The number of aliphatic hydroxyl groups excluding tert-OH is 1. The second kappa shape index (κ2) is 8.88. The Hall–Kier alpha value is -4.83. The van der Waals surface area contributed by atoms with Crippen molar-refractivity contribution in [1.29, 1.82) is 0 Å². The summed E-state index contributed by atoms with van der Waals surface area (Å²) in [5, 5.41) is 19.3. The number of pyridine rings is 1. The molecule has 0 spiro atoms. The highest BCUT2D eigenvalue weighted by Crippen LogP contribution is 2.30. The van der Waals surface area contributed by atoms with E-state index in [1.807, 2.05) is 0 Å². The number of hydrogen-bond acceptors (Lipinski definition) is 10. The van der Waals surface area contributed by atoms with Gasteiger partial charge in [0.15, 0.2) is 23.3 Å². The molecule has 5 heterocycles. The summed E-state index contributed by atoms with van der Waals surface area (Å²) in [6.45, 7) is 0.0688. The summed E-state index contributed by atoms with van der Waals surface area (Å²) in [6.07, 6.45) is -5.36. The van der Waals surface area contributed by atoms with Crippen molar-refractivity contribution < 1.29 is 32.3 Å². The minimum atomic E-state index is -4.64. The van der Waals surface area contributed by atoms with Gasteiger partial charge in [0.2, 0.25) is 0 Å². The van der Waals surface area contributed by atoms with Crippen LogP contribution in [0.5, 0.6) is 0 Å². The Morgan fingerprint density at radius 2 is 2.03 bits per heavy atom. The number of carbonyl (C=O) groups is 1. The molecule has 16 heteroatoms. The molecule has 1 saturated heterocycles. The van der Waals surface area contributed by atoms with Crippen LogP contribution in [-0.4, -0.2) is 60.2 Å². The second-order valence-corrected chi connectivity index (χ2v) is 8.60. The summed E-state index contributed by atoms with van der Waals surface area (Å²) in [6, 6.07) is 6.72. The molecule has 4 N–H and O–H groups in total. The van der Waals surface area contributed by atoms with Crippen molar-refractivity contribution in [2.75, 3.05) is 23.8 Å². The van der Waals surface area contributed by atoms with E-state index >= 15 is 0 Å². The number of nitrogens with one attached hydrogen (secondary N) is 1. The molecular formula is C23H17F3N8O5. The number of aromatic amines is 1. The fourth-order valence-electron chi connectivity index (χ4n) is 4.33. The van der Waals surface area contributed by atoms with Crippen LogP contribution in [0.25, 0.3) is 27.6 Å². The zero-order valence-corrected chi connectivity index (χ0v) is 19.6. The van der Waals surface area contributed by atoms with Crippen molar-refractivity contribution in [1.82, 2.24) is 29.9 Å². The highest BCUT2D eigenvalue weighted by atomic mass is 19.4. The highest BCUT2D eigenvalue weighted by molar-refractivity contribution is 6.05. The first-order valence-electron chi connectivity index (χ1n) is 11.4. The smallest absolute Gasteiger partial charge is 0.382 e. The van der Waals surface area contributed by atoms with Gasteiger partial charge in [-0.2, -0.15) is 18.2 Å². The summed E-state index contributed by atoms with van der Waals surface area (Å²) in [7, 11) is 0. The van der Waals surface area contributed by atoms with Crippen molar-refractivity contribution >= 4 is 39.4 Å². The lowest BCUT2D eigenvalue weighted by Crippen LogP contribution is -2.50. The van der Waals surface area contributed by atoms with Crippen LogP contribution in [0.3, 0.4) is 0 Å². The van der Waals surface area contributed by atoms with Gasteiger partial charge in [-0.15, -0.1) is 5.10 Å². The Kier molecular flexibility index (Phi) is 5.58. The number of alkyl halides is 3. The lowest BCUT2D eigenvalue weighted by molar-refractivity contribution is -0.143. The molecular weight excluding hydrogens is 525 g/mol. The standard InChI is InChI=1S/C23H17F3N8O5/c24-23(25,26)13-9-10(3-5-28-13)34-6-4-14(31-34)33-7-8-38-18(22(33)37)16(35)20-29-12-2-1-11-17(39-32-19(11)27)15(12)21(36)30-20/h1-6,9,16,18,35H,7-8H2,(H2,27,32)(H,29,30,36)/t16-,18-/m1/s1. The first kappa shape index (κ1) is 24.5. The SMILES string of the molecule is Nc1noc2c1ccc1[nH]c([C@H](O)[C@H]3OCCN(c4ccn(-c5ccnc(C(F)(F)F)c5)n4)C3=O)nc(=O)c12. The fourth-order valence-corrected chi connectivity index (χ4v) is 4.33. The number of halogens is 3. The third-order valence-electron chi connectivity index (χ3n) is 6.21.